The molecular weight excluding hydrogens is 301 g/mol. The van der Waals surface area contributed by atoms with Crippen molar-refractivity contribution in [1.29, 1.82) is 0 Å². The van der Waals surface area contributed by atoms with Gasteiger partial charge >= 0.3 is 0 Å². The molecule has 1 aliphatic carbocycles. The molecular formula is C17H24FNO2S. The fourth-order valence-corrected chi connectivity index (χ4v) is 3.68. The lowest BCUT2D eigenvalue weighted by atomic mass is 9.78. The van der Waals surface area contributed by atoms with E-state index in [2.05, 4.69) is 5.32 Å². The Morgan fingerprint density at radius 1 is 1.41 bits per heavy atom. The Bertz CT molecular complexity index is 503. The summed E-state index contributed by atoms with van der Waals surface area (Å²) in [5, 5.41) is 12.7. The molecule has 1 fully saturated rings. The summed E-state index contributed by atoms with van der Waals surface area (Å²) in [6, 6.07) is 6.82. The van der Waals surface area contributed by atoms with Crippen LogP contribution in [0.2, 0.25) is 0 Å². The molecule has 3 nitrogen and oxygen atoms in total. The van der Waals surface area contributed by atoms with E-state index in [9.17, 15) is 14.3 Å². The van der Waals surface area contributed by atoms with Gasteiger partial charge in [-0.05, 0) is 42.9 Å². The molecule has 0 unspecified atom stereocenters. The number of hydrogen-bond acceptors (Lipinski definition) is 3. The Morgan fingerprint density at radius 2 is 2.09 bits per heavy atom. The first-order valence-corrected chi connectivity index (χ1v) is 9.18. The van der Waals surface area contributed by atoms with Crippen molar-refractivity contribution in [2.24, 2.45) is 0 Å². The highest BCUT2D eigenvalue weighted by molar-refractivity contribution is 7.98. The van der Waals surface area contributed by atoms with Crippen LogP contribution in [0.4, 0.5) is 4.39 Å². The SMILES string of the molecule is CSCC[C@@H](O)C(=O)NCC1(c2ccccc2F)CCCC1. The minimum atomic E-state index is -0.980. The van der Waals surface area contributed by atoms with Gasteiger partial charge in [0.15, 0.2) is 0 Å². The molecule has 0 bridgehead atoms. The van der Waals surface area contributed by atoms with Gasteiger partial charge in [0.05, 0.1) is 0 Å². The summed E-state index contributed by atoms with van der Waals surface area (Å²) >= 11 is 1.60. The lowest BCUT2D eigenvalue weighted by Gasteiger charge is -2.30. The topological polar surface area (TPSA) is 49.3 Å². The molecule has 122 valence electrons. The van der Waals surface area contributed by atoms with Gasteiger partial charge in [-0.15, -0.1) is 0 Å². The molecule has 1 saturated carbocycles. The molecule has 0 aliphatic heterocycles. The third-order valence-electron chi connectivity index (χ3n) is 4.50. The number of carbonyl (C=O) groups excluding carboxylic acids is 1. The minimum Gasteiger partial charge on any atom is -0.383 e. The summed E-state index contributed by atoms with van der Waals surface area (Å²) in [7, 11) is 0. The summed E-state index contributed by atoms with van der Waals surface area (Å²) in [5.41, 5.74) is 0.353. The first-order chi connectivity index (χ1) is 10.6. The molecule has 0 heterocycles. The van der Waals surface area contributed by atoms with Crippen molar-refractivity contribution < 1.29 is 14.3 Å². The first-order valence-electron chi connectivity index (χ1n) is 7.79. The fourth-order valence-electron chi connectivity index (χ4n) is 3.22. The van der Waals surface area contributed by atoms with E-state index in [0.29, 0.717) is 18.5 Å². The van der Waals surface area contributed by atoms with Gasteiger partial charge in [0.1, 0.15) is 11.9 Å². The predicted octanol–water partition coefficient (Wildman–Crippen LogP) is 2.87. The molecule has 1 aliphatic rings. The van der Waals surface area contributed by atoms with Gasteiger partial charge in [-0.25, -0.2) is 4.39 Å². The second-order valence-electron chi connectivity index (χ2n) is 5.98. The van der Waals surface area contributed by atoms with Crippen LogP contribution in [0.5, 0.6) is 0 Å². The smallest absolute Gasteiger partial charge is 0.248 e. The first kappa shape index (κ1) is 17.3. The molecule has 1 amide bonds. The van der Waals surface area contributed by atoms with Crippen molar-refractivity contribution in [1.82, 2.24) is 5.32 Å². The van der Waals surface area contributed by atoms with Crippen molar-refractivity contribution >= 4 is 17.7 Å². The van der Waals surface area contributed by atoms with Crippen LogP contribution in [0.3, 0.4) is 0 Å². The van der Waals surface area contributed by atoms with Crippen LogP contribution < -0.4 is 5.32 Å². The van der Waals surface area contributed by atoms with Gasteiger partial charge in [-0.2, -0.15) is 11.8 Å². The number of thioether (sulfide) groups is 1. The second kappa shape index (κ2) is 7.97. The van der Waals surface area contributed by atoms with Crippen LogP contribution in [-0.2, 0) is 10.2 Å². The maximum absolute atomic E-state index is 14.2. The number of carbonyl (C=O) groups is 1. The van der Waals surface area contributed by atoms with Crippen LogP contribution in [-0.4, -0.2) is 35.7 Å². The van der Waals surface area contributed by atoms with E-state index in [-0.39, 0.29) is 17.1 Å². The van der Waals surface area contributed by atoms with E-state index in [4.69, 9.17) is 0 Å². The van der Waals surface area contributed by atoms with Gasteiger partial charge in [0.2, 0.25) is 5.91 Å². The highest BCUT2D eigenvalue weighted by atomic mass is 32.2. The van der Waals surface area contributed by atoms with Crippen LogP contribution in [0.1, 0.15) is 37.7 Å². The van der Waals surface area contributed by atoms with Crippen LogP contribution in [0.25, 0.3) is 0 Å². The molecule has 22 heavy (non-hydrogen) atoms. The van der Waals surface area contributed by atoms with E-state index in [0.717, 1.165) is 31.4 Å². The molecule has 1 aromatic rings. The largest absolute Gasteiger partial charge is 0.383 e. The Kier molecular flexibility index (Phi) is 6.26. The molecule has 0 aromatic heterocycles. The predicted molar refractivity (Wildman–Crippen MR) is 88.6 cm³/mol. The van der Waals surface area contributed by atoms with Crippen LogP contribution in [0, 0.1) is 5.82 Å². The summed E-state index contributed by atoms with van der Waals surface area (Å²) in [5.74, 6) is 0.186. The summed E-state index contributed by atoms with van der Waals surface area (Å²) in [6.45, 7) is 0.392. The zero-order chi connectivity index (χ0) is 16.0. The average Bonchev–Trinajstić information content (AvgIpc) is 3.00. The number of benzene rings is 1. The molecule has 1 aromatic carbocycles. The Labute approximate surface area is 135 Å². The quantitative estimate of drug-likeness (QED) is 0.810. The van der Waals surface area contributed by atoms with Gasteiger partial charge < -0.3 is 10.4 Å². The second-order valence-corrected chi connectivity index (χ2v) is 6.97. The van der Waals surface area contributed by atoms with E-state index < -0.39 is 6.10 Å². The number of aliphatic hydroxyl groups excluding tert-OH is 1. The highest BCUT2D eigenvalue weighted by Gasteiger charge is 2.38. The standard InChI is InChI=1S/C17H24FNO2S/c1-22-11-8-15(20)16(21)19-12-17(9-4-5-10-17)13-6-2-3-7-14(13)18/h2-3,6-7,15,20H,4-5,8-12H2,1H3,(H,19,21)/t15-/m1/s1. The summed E-state index contributed by atoms with van der Waals surface area (Å²) < 4.78 is 14.2. The number of aliphatic hydroxyl groups is 1. The summed E-state index contributed by atoms with van der Waals surface area (Å²) in [4.78, 5) is 12.0. The lowest BCUT2D eigenvalue weighted by molar-refractivity contribution is -0.129. The fraction of sp³-hybridized carbons (Fsp3) is 0.588. The third-order valence-corrected chi connectivity index (χ3v) is 5.15. The zero-order valence-electron chi connectivity index (χ0n) is 13.0. The molecule has 2 rings (SSSR count). The van der Waals surface area contributed by atoms with Crippen molar-refractivity contribution in [2.45, 2.75) is 43.6 Å². The Balaban J connectivity index is 2.04. The molecule has 0 radical (unpaired) electrons. The maximum atomic E-state index is 14.2. The van der Waals surface area contributed by atoms with Crippen LogP contribution >= 0.6 is 11.8 Å². The van der Waals surface area contributed by atoms with Gasteiger partial charge in [-0.1, -0.05) is 31.0 Å². The number of amides is 1. The number of hydrogen-bond donors (Lipinski definition) is 2. The third kappa shape index (κ3) is 4.02. The van der Waals surface area contributed by atoms with Crippen molar-refractivity contribution in [3.8, 4) is 0 Å². The highest BCUT2D eigenvalue weighted by Crippen LogP contribution is 2.41. The Morgan fingerprint density at radius 3 is 2.73 bits per heavy atom. The monoisotopic (exact) mass is 325 g/mol. The maximum Gasteiger partial charge on any atom is 0.248 e. The molecule has 0 saturated heterocycles. The van der Waals surface area contributed by atoms with E-state index in [1.807, 2.05) is 18.4 Å². The molecule has 0 spiro atoms. The van der Waals surface area contributed by atoms with Gasteiger partial charge in [0.25, 0.3) is 0 Å². The van der Waals surface area contributed by atoms with Crippen molar-refractivity contribution in [2.75, 3.05) is 18.6 Å². The number of rotatable bonds is 7. The number of halogens is 1. The van der Waals surface area contributed by atoms with E-state index in [1.165, 1.54) is 6.07 Å². The lowest BCUT2D eigenvalue weighted by Crippen LogP contribution is -2.43. The molecule has 2 N–H and O–H groups in total. The normalized spacial score (nSPS) is 18.1. The number of nitrogens with one attached hydrogen (secondary N) is 1. The minimum absolute atomic E-state index is 0.207. The Hall–Kier alpha value is -1.07. The van der Waals surface area contributed by atoms with E-state index >= 15 is 0 Å². The van der Waals surface area contributed by atoms with Crippen LogP contribution in [0.15, 0.2) is 24.3 Å². The van der Waals surface area contributed by atoms with Gasteiger partial charge in [-0.3, -0.25) is 4.79 Å². The molecule has 1 atom stereocenters. The van der Waals surface area contributed by atoms with Crippen molar-refractivity contribution in [3.63, 3.8) is 0 Å². The van der Waals surface area contributed by atoms with Gasteiger partial charge in [0, 0.05) is 12.0 Å². The summed E-state index contributed by atoms with van der Waals surface area (Å²) in [6.07, 6.45) is 5.23. The van der Waals surface area contributed by atoms with E-state index in [1.54, 1.807) is 17.8 Å². The zero-order valence-corrected chi connectivity index (χ0v) is 13.8. The average molecular weight is 325 g/mol. The van der Waals surface area contributed by atoms with Crippen molar-refractivity contribution in [3.05, 3.63) is 35.6 Å². The molecule has 5 heteroatoms.